The van der Waals surface area contributed by atoms with Crippen LogP contribution in [0.25, 0.3) is 0 Å². The normalized spacial score (nSPS) is 15.9. The van der Waals surface area contributed by atoms with Gasteiger partial charge in [0.25, 0.3) is 0 Å². The molecule has 5 nitrogen and oxygen atoms in total. The summed E-state index contributed by atoms with van der Waals surface area (Å²) in [6.07, 6.45) is 0. The van der Waals surface area contributed by atoms with E-state index in [9.17, 15) is 8.42 Å². The van der Waals surface area contributed by atoms with Crippen molar-refractivity contribution in [1.29, 1.82) is 0 Å². The van der Waals surface area contributed by atoms with Crippen molar-refractivity contribution in [3.05, 3.63) is 29.8 Å². The lowest BCUT2D eigenvalue weighted by atomic mass is 10.2. The molecule has 0 unspecified atom stereocenters. The van der Waals surface area contributed by atoms with E-state index in [1.54, 1.807) is 18.2 Å². The summed E-state index contributed by atoms with van der Waals surface area (Å²) >= 11 is 0. The molecule has 1 saturated heterocycles. The van der Waals surface area contributed by atoms with E-state index >= 15 is 0 Å². The zero-order valence-corrected chi connectivity index (χ0v) is 14.5. The maximum absolute atomic E-state index is 12.1. The Morgan fingerprint density at radius 3 is 2.52 bits per heavy atom. The number of sulfonamides is 1. The van der Waals surface area contributed by atoms with E-state index in [0.29, 0.717) is 11.4 Å². The van der Waals surface area contributed by atoms with Crippen LogP contribution in [0, 0.1) is 6.92 Å². The number of halogens is 2. The second-order valence-corrected chi connectivity index (χ2v) is 6.57. The number of aryl methyl sites for hydroxylation is 1. The predicted octanol–water partition coefficient (Wildman–Crippen LogP) is 1.02. The number of nitrogens with zero attached hydrogens (tertiary/aromatic N) is 1. The van der Waals surface area contributed by atoms with E-state index in [-0.39, 0.29) is 24.8 Å². The van der Waals surface area contributed by atoms with E-state index in [4.69, 9.17) is 0 Å². The second kappa shape index (κ2) is 9.61. The topological polar surface area (TPSA) is 61.4 Å². The highest BCUT2D eigenvalue weighted by molar-refractivity contribution is 7.89. The van der Waals surface area contributed by atoms with Gasteiger partial charge in [-0.2, -0.15) is 0 Å². The minimum atomic E-state index is -3.38. The van der Waals surface area contributed by atoms with E-state index < -0.39 is 10.0 Å². The van der Waals surface area contributed by atoms with Crippen molar-refractivity contribution in [1.82, 2.24) is 14.9 Å². The Bertz CT molecular complexity index is 520. The van der Waals surface area contributed by atoms with Gasteiger partial charge < -0.3 is 5.32 Å². The van der Waals surface area contributed by atoms with Crippen molar-refractivity contribution < 1.29 is 8.42 Å². The molecule has 21 heavy (non-hydrogen) atoms. The van der Waals surface area contributed by atoms with E-state index in [1.807, 2.05) is 13.0 Å². The highest BCUT2D eigenvalue weighted by atomic mass is 35.5. The molecular formula is C13H23Cl2N3O2S. The first-order chi connectivity index (χ1) is 9.08. The summed E-state index contributed by atoms with van der Waals surface area (Å²) in [6, 6.07) is 6.97. The Balaban J connectivity index is 0.00000200. The van der Waals surface area contributed by atoms with Crippen LogP contribution in [0.2, 0.25) is 0 Å². The lowest BCUT2D eigenvalue weighted by Crippen LogP contribution is -2.46. The molecule has 1 aromatic rings. The van der Waals surface area contributed by atoms with Crippen LogP contribution < -0.4 is 10.0 Å². The van der Waals surface area contributed by atoms with Gasteiger partial charge in [0, 0.05) is 39.3 Å². The predicted molar refractivity (Wildman–Crippen MR) is 90.2 cm³/mol. The number of piperazine rings is 1. The maximum atomic E-state index is 12.1. The van der Waals surface area contributed by atoms with Crippen LogP contribution in [0.5, 0.6) is 0 Å². The van der Waals surface area contributed by atoms with Crippen LogP contribution in [0.1, 0.15) is 5.56 Å². The smallest absolute Gasteiger partial charge is 0.240 e. The fraction of sp³-hybridized carbons (Fsp3) is 0.538. The Morgan fingerprint density at radius 1 is 1.24 bits per heavy atom. The van der Waals surface area contributed by atoms with Gasteiger partial charge in [0.15, 0.2) is 0 Å². The summed E-state index contributed by atoms with van der Waals surface area (Å²) in [5, 5.41) is 3.27. The molecule has 2 rings (SSSR count). The first kappa shape index (κ1) is 20.6. The largest absolute Gasteiger partial charge is 0.314 e. The number of nitrogens with one attached hydrogen (secondary N) is 2. The first-order valence-corrected chi connectivity index (χ1v) is 8.06. The average Bonchev–Trinajstić information content (AvgIpc) is 2.40. The fourth-order valence-electron chi connectivity index (χ4n) is 2.14. The lowest BCUT2D eigenvalue weighted by Gasteiger charge is -2.27. The summed E-state index contributed by atoms with van der Waals surface area (Å²) in [5.41, 5.74) is 0.949. The standard InChI is InChI=1S/C13H21N3O2S.2ClH/c1-12-3-2-4-13(11-12)19(17,18)15-7-10-16-8-5-14-6-9-16;;/h2-4,11,14-15H,5-10H2,1H3;2*1H. The van der Waals surface area contributed by atoms with Gasteiger partial charge in [-0.05, 0) is 24.6 Å². The fourth-order valence-corrected chi connectivity index (χ4v) is 3.26. The molecule has 0 atom stereocenters. The molecule has 1 fully saturated rings. The van der Waals surface area contributed by atoms with Gasteiger partial charge in [0.2, 0.25) is 10.0 Å². The molecule has 0 bridgehead atoms. The van der Waals surface area contributed by atoms with Gasteiger partial charge in [-0.1, -0.05) is 12.1 Å². The van der Waals surface area contributed by atoms with Crippen LogP contribution in [0.3, 0.4) is 0 Å². The van der Waals surface area contributed by atoms with Crippen LogP contribution >= 0.6 is 24.8 Å². The number of hydrogen-bond acceptors (Lipinski definition) is 4. The summed E-state index contributed by atoms with van der Waals surface area (Å²) in [4.78, 5) is 2.60. The molecule has 0 amide bonds. The molecule has 0 aromatic heterocycles. The molecule has 0 radical (unpaired) electrons. The zero-order chi connectivity index (χ0) is 13.7. The highest BCUT2D eigenvalue weighted by Gasteiger charge is 2.15. The van der Waals surface area contributed by atoms with Gasteiger partial charge in [-0.3, -0.25) is 4.90 Å². The Morgan fingerprint density at radius 2 is 1.90 bits per heavy atom. The summed E-state index contributed by atoms with van der Waals surface area (Å²) in [7, 11) is -3.38. The van der Waals surface area contributed by atoms with Gasteiger partial charge in [0.1, 0.15) is 0 Å². The molecule has 0 spiro atoms. The SMILES string of the molecule is Cc1cccc(S(=O)(=O)NCCN2CCNCC2)c1.Cl.Cl. The third-order valence-corrected chi connectivity index (χ3v) is 4.69. The summed E-state index contributed by atoms with van der Waals surface area (Å²) in [6.45, 7) is 7.01. The molecule has 1 aliphatic rings. The molecule has 122 valence electrons. The minimum absolute atomic E-state index is 0. The van der Waals surface area contributed by atoms with Crippen LogP contribution in [0.4, 0.5) is 0 Å². The minimum Gasteiger partial charge on any atom is -0.314 e. The Hall–Kier alpha value is -0.370. The van der Waals surface area contributed by atoms with E-state index in [2.05, 4.69) is 14.9 Å². The molecule has 0 aliphatic carbocycles. The van der Waals surface area contributed by atoms with Crippen LogP contribution in [-0.2, 0) is 10.0 Å². The summed E-state index contributed by atoms with van der Waals surface area (Å²) < 4.78 is 26.8. The third-order valence-electron chi connectivity index (χ3n) is 3.23. The van der Waals surface area contributed by atoms with Crippen molar-refractivity contribution in [2.75, 3.05) is 39.3 Å². The quantitative estimate of drug-likeness (QED) is 0.827. The van der Waals surface area contributed by atoms with Crippen LogP contribution in [-0.4, -0.2) is 52.6 Å². The lowest BCUT2D eigenvalue weighted by molar-refractivity contribution is 0.245. The van der Waals surface area contributed by atoms with Crippen molar-refractivity contribution >= 4 is 34.8 Å². The van der Waals surface area contributed by atoms with Gasteiger partial charge in [0.05, 0.1) is 4.90 Å². The zero-order valence-electron chi connectivity index (χ0n) is 12.0. The van der Waals surface area contributed by atoms with Gasteiger partial charge >= 0.3 is 0 Å². The first-order valence-electron chi connectivity index (χ1n) is 6.57. The monoisotopic (exact) mass is 355 g/mol. The van der Waals surface area contributed by atoms with Crippen molar-refractivity contribution in [3.63, 3.8) is 0 Å². The van der Waals surface area contributed by atoms with Crippen LogP contribution in [0.15, 0.2) is 29.2 Å². The third kappa shape index (κ3) is 6.50. The number of benzene rings is 1. The van der Waals surface area contributed by atoms with E-state index in [1.165, 1.54) is 0 Å². The van der Waals surface area contributed by atoms with Gasteiger partial charge in [-0.15, -0.1) is 24.8 Å². The Labute approximate surface area is 139 Å². The second-order valence-electron chi connectivity index (χ2n) is 4.81. The molecular weight excluding hydrogens is 333 g/mol. The molecule has 1 aromatic carbocycles. The van der Waals surface area contributed by atoms with Crippen molar-refractivity contribution in [2.24, 2.45) is 0 Å². The van der Waals surface area contributed by atoms with Gasteiger partial charge in [-0.25, -0.2) is 13.1 Å². The van der Waals surface area contributed by atoms with E-state index in [0.717, 1.165) is 38.3 Å². The molecule has 1 aliphatic heterocycles. The maximum Gasteiger partial charge on any atom is 0.240 e. The average molecular weight is 356 g/mol. The highest BCUT2D eigenvalue weighted by Crippen LogP contribution is 2.10. The van der Waals surface area contributed by atoms with Crippen molar-refractivity contribution in [3.8, 4) is 0 Å². The Kier molecular flexibility index (Phi) is 9.44. The molecule has 0 saturated carbocycles. The number of hydrogen-bond donors (Lipinski definition) is 2. The summed E-state index contributed by atoms with van der Waals surface area (Å²) in [5.74, 6) is 0. The molecule has 2 N–H and O–H groups in total. The number of rotatable bonds is 5. The molecule has 1 heterocycles. The van der Waals surface area contributed by atoms with Crippen molar-refractivity contribution in [2.45, 2.75) is 11.8 Å². The molecule has 8 heteroatoms.